The molecule has 1 aliphatic heterocycles. The molecule has 1 unspecified atom stereocenters. The first-order valence-electron chi connectivity index (χ1n) is 7.04. The van der Waals surface area contributed by atoms with Crippen molar-refractivity contribution in [2.75, 3.05) is 6.54 Å². The van der Waals surface area contributed by atoms with Gasteiger partial charge in [0.15, 0.2) is 0 Å². The molecule has 1 saturated heterocycles. The van der Waals surface area contributed by atoms with Gasteiger partial charge in [0.25, 0.3) is 5.91 Å². The monoisotopic (exact) mass is 276 g/mol. The van der Waals surface area contributed by atoms with Crippen LogP contribution < -0.4 is 0 Å². The van der Waals surface area contributed by atoms with E-state index in [1.165, 1.54) is 0 Å². The summed E-state index contributed by atoms with van der Waals surface area (Å²) in [7, 11) is 0. The average molecular weight is 276 g/mol. The zero-order valence-corrected chi connectivity index (χ0v) is 11.7. The van der Waals surface area contributed by atoms with Gasteiger partial charge in [-0.2, -0.15) is 0 Å². The highest BCUT2D eigenvalue weighted by Gasteiger charge is 2.28. The summed E-state index contributed by atoms with van der Waals surface area (Å²) in [5, 5.41) is 8.82. The first kappa shape index (κ1) is 14.5. The van der Waals surface area contributed by atoms with E-state index < -0.39 is 5.97 Å². The fourth-order valence-corrected chi connectivity index (χ4v) is 2.72. The molecule has 1 aliphatic rings. The maximum absolute atomic E-state index is 12.6. The van der Waals surface area contributed by atoms with Crippen LogP contribution in [0.25, 0.3) is 0 Å². The number of pyridine rings is 1. The van der Waals surface area contributed by atoms with Crippen LogP contribution in [0.3, 0.4) is 0 Å². The molecule has 5 nitrogen and oxygen atoms in total. The fraction of sp³-hybridized carbons (Fsp3) is 0.533. The molecular weight excluding hydrogens is 256 g/mol. The Morgan fingerprint density at radius 3 is 2.95 bits per heavy atom. The number of carboxylic acids is 1. The average Bonchev–Trinajstić information content (AvgIpc) is 2.45. The molecule has 0 bridgehead atoms. The molecule has 0 saturated carbocycles. The van der Waals surface area contributed by atoms with E-state index >= 15 is 0 Å². The molecule has 1 aromatic rings. The molecule has 1 aromatic heterocycles. The maximum Gasteiger partial charge on any atom is 0.303 e. The minimum atomic E-state index is -0.805. The number of aryl methyl sites for hydroxylation is 1. The van der Waals surface area contributed by atoms with Gasteiger partial charge in [0.1, 0.15) is 0 Å². The van der Waals surface area contributed by atoms with E-state index in [0.29, 0.717) is 18.5 Å². The number of likely N-dealkylation sites (tertiary alicyclic amines) is 1. The summed E-state index contributed by atoms with van der Waals surface area (Å²) >= 11 is 0. The Kier molecular flexibility index (Phi) is 4.71. The maximum atomic E-state index is 12.6. The van der Waals surface area contributed by atoms with Crippen LogP contribution in [0.1, 0.15) is 48.2 Å². The van der Waals surface area contributed by atoms with Gasteiger partial charge in [-0.3, -0.25) is 14.6 Å². The molecule has 0 spiro atoms. The summed E-state index contributed by atoms with van der Waals surface area (Å²) in [5.41, 5.74) is 1.34. The van der Waals surface area contributed by atoms with E-state index in [-0.39, 0.29) is 18.4 Å². The number of nitrogens with zero attached hydrogens (tertiary/aromatic N) is 2. The van der Waals surface area contributed by atoms with Crippen molar-refractivity contribution in [3.63, 3.8) is 0 Å². The van der Waals surface area contributed by atoms with Crippen LogP contribution in [-0.2, 0) is 4.79 Å². The van der Waals surface area contributed by atoms with Crippen molar-refractivity contribution < 1.29 is 14.7 Å². The third kappa shape index (κ3) is 3.35. The minimum absolute atomic E-state index is 0.0225. The zero-order valence-electron chi connectivity index (χ0n) is 11.7. The van der Waals surface area contributed by atoms with Crippen molar-refractivity contribution in [3.05, 3.63) is 29.6 Å². The van der Waals surface area contributed by atoms with E-state index in [2.05, 4.69) is 4.98 Å². The van der Waals surface area contributed by atoms with Gasteiger partial charge in [-0.05, 0) is 44.7 Å². The molecule has 20 heavy (non-hydrogen) atoms. The number of carbonyl (C=O) groups is 2. The highest BCUT2D eigenvalue weighted by molar-refractivity contribution is 5.95. The standard InChI is InChI=1S/C15H20N2O3/c1-11-13(6-4-9-16-11)15(20)17-10-3-2-5-12(17)7-8-14(18)19/h4,6,9,12H,2-3,5,7-8,10H2,1H3,(H,18,19). The highest BCUT2D eigenvalue weighted by Crippen LogP contribution is 2.23. The smallest absolute Gasteiger partial charge is 0.303 e. The second-order valence-corrected chi connectivity index (χ2v) is 5.22. The molecule has 108 valence electrons. The SMILES string of the molecule is Cc1ncccc1C(=O)N1CCCCC1CCC(=O)O. The molecule has 1 fully saturated rings. The van der Waals surface area contributed by atoms with Crippen molar-refractivity contribution in [1.82, 2.24) is 9.88 Å². The van der Waals surface area contributed by atoms with E-state index in [1.54, 1.807) is 18.3 Å². The molecule has 1 atom stereocenters. The van der Waals surface area contributed by atoms with Crippen LogP contribution in [-0.4, -0.2) is 39.5 Å². The Morgan fingerprint density at radius 2 is 2.25 bits per heavy atom. The second kappa shape index (κ2) is 6.50. The number of piperidine rings is 1. The number of hydrogen-bond acceptors (Lipinski definition) is 3. The number of carboxylic acid groups (broad SMARTS) is 1. The normalized spacial score (nSPS) is 18.9. The Morgan fingerprint density at radius 1 is 1.45 bits per heavy atom. The minimum Gasteiger partial charge on any atom is -0.481 e. The lowest BCUT2D eigenvalue weighted by Gasteiger charge is -2.36. The van der Waals surface area contributed by atoms with E-state index in [0.717, 1.165) is 25.0 Å². The third-order valence-corrected chi connectivity index (χ3v) is 3.82. The molecule has 0 aromatic carbocycles. The lowest BCUT2D eigenvalue weighted by atomic mass is 9.96. The summed E-state index contributed by atoms with van der Waals surface area (Å²) in [4.78, 5) is 29.3. The lowest BCUT2D eigenvalue weighted by molar-refractivity contribution is -0.137. The summed E-state index contributed by atoms with van der Waals surface area (Å²) in [6.45, 7) is 2.53. The van der Waals surface area contributed by atoms with E-state index in [1.807, 2.05) is 11.8 Å². The van der Waals surface area contributed by atoms with Gasteiger partial charge in [0.2, 0.25) is 0 Å². The molecule has 2 rings (SSSR count). The molecular formula is C15H20N2O3. The predicted molar refractivity (Wildman–Crippen MR) is 74.5 cm³/mol. The Balaban J connectivity index is 2.13. The number of aromatic nitrogens is 1. The van der Waals surface area contributed by atoms with Crippen molar-refractivity contribution in [1.29, 1.82) is 0 Å². The van der Waals surface area contributed by atoms with Gasteiger partial charge >= 0.3 is 5.97 Å². The Hall–Kier alpha value is -1.91. The number of rotatable bonds is 4. The molecule has 1 N–H and O–H groups in total. The fourth-order valence-electron chi connectivity index (χ4n) is 2.72. The largest absolute Gasteiger partial charge is 0.481 e. The van der Waals surface area contributed by atoms with Crippen molar-refractivity contribution in [2.24, 2.45) is 0 Å². The van der Waals surface area contributed by atoms with Gasteiger partial charge in [0.05, 0.1) is 5.56 Å². The third-order valence-electron chi connectivity index (χ3n) is 3.82. The van der Waals surface area contributed by atoms with Gasteiger partial charge < -0.3 is 10.0 Å². The van der Waals surface area contributed by atoms with Crippen molar-refractivity contribution >= 4 is 11.9 Å². The van der Waals surface area contributed by atoms with Crippen molar-refractivity contribution in [3.8, 4) is 0 Å². The van der Waals surface area contributed by atoms with Crippen LogP contribution in [0.2, 0.25) is 0 Å². The first-order valence-corrected chi connectivity index (χ1v) is 7.04. The number of aliphatic carboxylic acids is 1. The van der Waals surface area contributed by atoms with Gasteiger partial charge in [-0.25, -0.2) is 0 Å². The molecule has 0 radical (unpaired) electrons. The number of hydrogen-bond donors (Lipinski definition) is 1. The summed E-state index contributed by atoms with van der Waals surface area (Å²) in [6.07, 6.45) is 5.23. The predicted octanol–water partition coefficient (Wildman–Crippen LogP) is 2.25. The quantitative estimate of drug-likeness (QED) is 0.915. The molecule has 1 amide bonds. The number of carbonyl (C=O) groups excluding carboxylic acids is 1. The molecule has 5 heteroatoms. The molecule has 2 heterocycles. The van der Waals surface area contributed by atoms with Crippen LogP contribution in [0.15, 0.2) is 18.3 Å². The van der Waals surface area contributed by atoms with E-state index in [9.17, 15) is 9.59 Å². The van der Waals surface area contributed by atoms with Gasteiger partial charge in [0, 0.05) is 30.9 Å². The van der Waals surface area contributed by atoms with Crippen LogP contribution in [0.5, 0.6) is 0 Å². The summed E-state index contributed by atoms with van der Waals surface area (Å²) < 4.78 is 0. The summed E-state index contributed by atoms with van der Waals surface area (Å²) in [5.74, 6) is -0.828. The lowest BCUT2D eigenvalue weighted by Crippen LogP contribution is -2.44. The Bertz CT molecular complexity index is 502. The Labute approximate surface area is 118 Å². The zero-order chi connectivity index (χ0) is 14.5. The summed E-state index contributed by atoms with van der Waals surface area (Å²) in [6, 6.07) is 3.58. The van der Waals surface area contributed by atoms with Crippen LogP contribution >= 0.6 is 0 Å². The number of amides is 1. The van der Waals surface area contributed by atoms with Gasteiger partial charge in [-0.15, -0.1) is 0 Å². The molecule has 0 aliphatic carbocycles. The highest BCUT2D eigenvalue weighted by atomic mass is 16.4. The second-order valence-electron chi connectivity index (χ2n) is 5.22. The topological polar surface area (TPSA) is 70.5 Å². The van der Waals surface area contributed by atoms with Crippen LogP contribution in [0.4, 0.5) is 0 Å². The van der Waals surface area contributed by atoms with Gasteiger partial charge in [-0.1, -0.05) is 0 Å². The van der Waals surface area contributed by atoms with Crippen molar-refractivity contribution in [2.45, 2.75) is 45.1 Å². The van der Waals surface area contributed by atoms with E-state index in [4.69, 9.17) is 5.11 Å². The first-order chi connectivity index (χ1) is 9.59. The van der Waals surface area contributed by atoms with Crippen LogP contribution in [0, 0.1) is 6.92 Å².